The van der Waals surface area contributed by atoms with Gasteiger partial charge in [-0.25, -0.2) is 0 Å². The van der Waals surface area contributed by atoms with Crippen LogP contribution in [0.1, 0.15) is 65.7 Å². The van der Waals surface area contributed by atoms with Gasteiger partial charge >= 0.3 is 0 Å². The molecule has 1 aliphatic heterocycles. The zero-order valence-corrected chi connectivity index (χ0v) is 10.6. The van der Waals surface area contributed by atoms with Gasteiger partial charge in [-0.3, -0.25) is 0 Å². The third-order valence-corrected chi connectivity index (χ3v) is 3.01. The van der Waals surface area contributed by atoms with Crippen molar-refractivity contribution in [1.82, 2.24) is 0 Å². The minimum atomic E-state index is -0.0210. The number of unbranched alkanes of at least 4 members (excludes halogenated alkanes) is 5. The third kappa shape index (κ3) is 5.36. The van der Waals surface area contributed by atoms with E-state index < -0.39 is 0 Å². The van der Waals surface area contributed by atoms with Gasteiger partial charge in [-0.2, -0.15) is 0 Å². The second-order valence-corrected chi connectivity index (χ2v) is 5.18. The lowest BCUT2D eigenvalue weighted by atomic mass is 10.1. The van der Waals surface area contributed by atoms with Crippen molar-refractivity contribution >= 4 is 0 Å². The molecule has 0 aromatic rings. The second kappa shape index (κ2) is 6.32. The van der Waals surface area contributed by atoms with Crippen molar-refractivity contribution in [2.75, 3.05) is 0 Å². The lowest BCUT2D eigenvalue weighted by Crippen LogP contribution is -2.20. The van der Waals surface area contributed by atoms with Crippen LogP contribution in [0.3, 0.4) is 0 Å². The molecule has 1 heterocycles. The Morgan fingerprint density at radius 1 is 1.07 bits per heavy atom. The summed E-state index contributed by atoms with van der Waals surface area (Å²) in [6, 6.07) is 0. The Bertz CT molecular complexity index is 194. The number of ether oxygens (including phenoxy) is 1. The summed E-state index contributed by atoms with van der Waals surface area (Å²) in [7, 11) is 0. The molecule has 0 bridgehead atoms. The maximum Gasteiger partial charge on any atom is 0.0815 e. The molecule has 0 fully saturated rings. The monoisotopic (exact) mass is 210 g/mol. The zero-order chi connectivity index (χ0) is 11.1. The summed E-state index contributed by atoms with van der Waals surface area (Å²) in [5.41, 5.74) is -0.0210. The van der Waals surface area contributed by atoms with Crippen molar-refractivity contribution < 1.29 is 4.74 Å². The third-order valence-electron chi connectivity index (χ3n) is 3.01. The van der Waals surface area contributed by atoms with E-state index in [9.17, 15) is 0 Å². The molecule has 1 atom stereocenters. The molecule has 15 heavy (non-hydrogen) atoms. The minimum Gasteiger partial charge on any atom is -0.364 e. The van der Waals surface area contributed by atoms with Gasteiger partial charge in [0.15, 0.2) is 0 Å². The van der Waals surface area contributed by atoms with Gasteiger partial charge in [-0.1, -0.05) is 57.6 Å². The van der Waals surface area contributed by atoms with Crippen LogP contribution < -0.4 is 0 Å². The van der Waals surface area contributed by atoms with Crippen LogP contribution >= 0.6 is 0 Å². The normalized spacial score (nSPS) is 23.5. The highest BCUT2D eigenvalue weighted by molar-refractivity contribution is 5.07. The first kappa shape index (κ1) is 12.8. The molecule has 0 aliphatic carbocycles. The quantitative estimate of drug-likeness (QED) is 0.445. The second-order valence-electron chi connectivity index (χ2n) is 5.18. The van der Waals surface area contributed by atoms with E-state index in [1.807, 2.05) is 0 Å². The molecule has 1 rings (SSSR count). The fraction of sp³-hybridized carbons (Fsp3) is 0.857. The molecule has 0 spiro atoms. The maximum absolute atomic E-state index is 5.87. The van der Waals surface area contributed by atoms with Crippen LogP contribution in [0.25, 0.3) is 0 Å². The average molecular weight is 210 g/mol. The van der Waals surface area contributed by atoms with Crippen LogP contribution in [0, 0.1) is 0 Å². The molecule has 0 unspecified atom stereocenters. The zero-order valence-electron chi connectivity index (χ0n) is 10.6. The molecule has 1 aliphatic rings. The Balaban J connectivity index is 1.96. The van der Waals surface area contributed by atoms with Gasteiger partial charge in [0.25, 0.3) is 0 Å². The summed E-state index contributed by atoms with van der Waals surface area (Å²) < 4.78 is 5.87. The number of hydrogen-bond acceptors (Lipinski definition) is 1. The summed E-state index contributed by atoms with van der Waals surface area (Å²) in [4.78, 5) is 0. The fourth-order valence-electron chi connectivity index (χ4n) is 2.09. The molecular formula is C14H26O. The molecule has 0 saturated carbocycles. The first-order valence-corrected chi connectivity index (χ1v) is 6.51. The highest BCUT2D eigenvalue weighted by atomic mass is 16.5. The van der Waals surface area contributed by atoms with Gasteiger partial charge in [-0.15, -0.1) is 0 Å². The SMILES string of the molecule is CCCCCCCC[C@@H]1C=CC(C)(C)O1. The summed E-state index contributed by atoms with van der Waals surface area (Å²) in [5.74, 6) is 0. The molecule has 0 aromatic carbocycles. The summed E-state index contributed by atoms with van der Waals surface area (Å²) in [6.45, 7) is 6.52. The van der Waals surface area contributed by atoms with Crippen LogP contribution in [0.4, 0.5) is 0 Å². The summed E-state index contributed by atoms with van der Waals surface area (Å²) >= 11 is 0. The van der Waals surface area contributed by atoms with E-state index in [4.69, 9.17) is 4.74 Å². The largest absolute Gasteiger partial charge is 0.364 e. The van der Waals surface area contributed by atoms with Crippen LogP contribution in [-0.2, 0) is 4.74 Å². The Morgan fingerprint density at radius 2 is 1.73 bits per heavy atom. The van der Waals surface area contributed by atoms with E-state index in [1.165, 1.54) is 44.9 Å². The Labute approximate surface area is 94.9 Å². The molecule has 0 saturated heterocycles. The van der Waals surface area contributed by atoms with E-state index in [2.05, 4.69) is 32.9 Å². The van der Waals surface area contributed by atoms with Gasteiger partial charge in [-0.05, 0) is 20.3 Å². The fourth-order valence-corrected chi connectivity index (χ4v) is 2.09. The van der Waals surface area contributed by atoms with Gasteiger partial charge < -0.3 is 4.74 Å². The maximum atomic E-state index is 5.87. The van der Waals surface area contributed by atoms with E-state index in [0.29, 0.717) is 6.10 Å². The Morgan fingerprint density at radius 3 is 2.33 bits per heavy atom. The van der Waals surface area contributed by atoms with Crippen LogP contribution in [0.5, 0.6) is 0 Å². The first-order chi connectivity index (χ1) is 7.14. The molecule has 0 amide bonds. The Kier molecular flexibility index (Phi) is 5.38. The highest BCUT2D eigenvalue weighted by Crippen LogP contribution is 2.25. The molecule has 88 valence electrons. The molecule has 0 radical (unpaired) electrons. The first-order valence-electron chi connectivity index (χ1n) is 6.51. The van der Waals surface area contributed by atoms with Gasteiger partial charge in [0.05, 0.1) is 11.7 Å². The molecular weight excluding hydrogens is 184 g/mol. The Hall–Kier alpha value is -0.300. The summed E-state index contributed by atoms with van der Waals surface area (Å²) in [6.07, 6.45) is 14.2. The number of rotatable bonds is 7. The highest BCUT2D eigenvalue weighted by Gasteiger charge is 2.24. The molecule has 0 N–H and O–H groups in total. The van der Waals surface area contributed by atoms with Gasteiger partial charge in [0.1, 0.15) is 0 Å². The van der Waals surface area contributed by atoms with E-state index >= 15 is 0 Å². The molecule has 1 nitrogen and oxygen atoms in total. The smallest absolute Gasteiger partial charge is 0.0815 e. The minimum absolute atomic E-state index is 0.0210. The van der Waals surface area contributed by atoms with Crippen LogP contribution in [0.2, 0.25) is 0 Å². The summed E-state index contributed by atoms with van der Waals surface area (Å²) in [5, 5.41) is 0. The van der Waals surface area contributed by atoms with E-state index in [0.717, 1.165) is 0 Å². The van der Waals surface area contributed by atoms with Crippen molar-refractivity contribution in [3.63, 3.8) is 0 Å². The predicted octanol–water partition coefficient (Wildman–Crippen LogP) is 4.47. The lowest BCUT2D eigenvalue weighted by molar-refractivity contribution is -0.00251. The molecule has 1 heteroatoms. The van der Waals surface area contributed by atoms with Crippen molar-refractivity contribution in [1.29, 1.82) is 0 Å². The van der Waals surface area contributed by atoms with Crippen LogP contribution in [-0.4, -0.2) is 11.7 Å². The van der Waals surface area contributed by atoms with E-state index in [1.54, 1.807) is 0 Å². The standard InChI is InChI=1S/C14H26O/c1-4-5-6-7-8-9-10-13-11-12-14(2,3)15-13/h11-13H,4-10H2,1-3H3/t13-/m1/s1. The lowest BCUT2D eigenvalue weighted by Gasteiger charge is -2.19. The predicted molar refractivity (Wildman–Crippen MR) is 66.1 cm³/mol. The van der Waals surface area contributed by atoms with Crippen LogP contribution in [0.15, 0.2) is 12.2 Å². The topological polar surface area (TPSA) is 9.23 Å². The van der Waals surface area contributed by atoms with Gasteiger partial charge in [0.2, 0.25) is 0 Å². The van der Waals surface area contributed by atoms with Crippen molar-refractivity contribution in [3.8, 4) is 0 Å². The number of hydrogen-bond donors (Lipinski definition) is 0. The van der Waals surface area contributed by atoms with Crippen molar-refractivity contribution in [2.45, 2.75) is 77.4 Å². The van der Waals surface area contributed by atoms with Gasteiger partial charge in [0, 0.05) is 0 Å². The molecule has 0 aromatic heterocycles. The van der Waals surface area contributed by atoms with E-state index in [-0.39, 0.29) is 5.60 Å². The van der Waals surface area contributed by atoms with Crippen molar-refractivity contribution in [3.05, 3.63) is 12.2 Å². The average Bonchev–Trinajstić information content (AvgIpc) is 2.52. The van der Waals surface area contributed by atoms with Crippen molar-refractivity contribution in [2.24, 2.45) is 0 Å².